The van der Waals surface area contributed by atoms with Crippen molar-refractivity contribution < 1.29 is 19.6 Å². The number of allylic oxidation sites excluding steroid dienone is 1. The lowest BCUT2D eigenvalue weighted by Crippen LogP contribution is -2.13. The van der Waals surface area contributed by atoms with Crippen LogP contribution in [0.5, 0.6) is 0 Å². The van der Waals surface area contributed by atoms with Crippen LogP contribution in [0.4, 0.5) is 5.69 Å². The van der Waals surface area contributed by atoms with Gasteiger partial charge in [0, 0.05) is 30.9 Å². The first-order valence-corrected chi connectivity index (χ1v) is 9.56. The molecule has 0 amide bonds. The molecule has 0 bridgehead atoms. The van der Waals surface area contributed by atoms with Gasteiger partial charge in [-0.1, -0.05) is 31.4 Å². The Bertz CT molecular complexity index is 725. The number of ketones is 1. The van der Waals surface area contributed by atoms with E-state index in [4.69, 9.17) is 5.11 Å². The molecule has 0 aromatic heterocycles. The van der Waals surface area contributed by atoms with E-state index in [-0.39, 0.29) is 23.9 Å². The van der Waals surface area contributed by atoms with Crippen molar-refractivity contribution >= 4 is 23.5 Å². The van der Waals surface area contributed by atoms with Crippen LogP contribution in [0.25, 0.3) is 6.08 Å². The molecule has 146 valence electrons. The van der Waals surface area contributed by atoms with Gasteiger partial charge in [0.1, 0.15) is 5.78 Å². The predicted molar refractivity (Wildman–Crippen MR) is 103 cm³/mol. The molecule has 6 nitrogen and oxygen atoms in total. The minimum absolute atomic E-state index is 0.0408. The summed E-state index contributed by atoms with van der Waals surface area (Å²) >= 11 is 0. The van der Waals surface area contributed by atoms with E-state index in [9.17, 15) is 19.7 Å². The van der Waals surface area contributed by atoms with Crippen LogP contribution in [0.3, 0.4) is 0 Å². The zero-order valence-electron chi connectivity index (χ0n) is 15.7. The lowest BCUT2D eigenvalue weighted by atomic mass is 9.89. The Hall–Kier alpha value is -2.50. The van der Waals surface area contributed by atoms with E-state index in [2.05, 4.69) is 6.08 Å². The highest BCUT2D eigenvalue weighted by Gasteiger charge is 2.32. The fourth-order valence-corrected chi connectivity index (χ4v) is 3.72. The van der Waals surface area contributed by atoms with E-state index in [0.29, 0.717) is 18.6 Å². The number of non-ortho nitro benzene ring substituents is 1. The Kier molecular flexibility index (Phi) is 7.70. The molecule has 2 rings (SSSR count). The first-order valence-electron chi connectivity index (χ1n) is 9.56. The molecule has 1 fully saturated rings. The topological polar surface area (TPSA) is 97.5 Å². The molecule has 1 N–H and O–H groups in total. The zero-order chi connectivity index (χ0) is 19.8. The van der Waals surface area contributed by atoms with Crippen LogP contribution in [-0.2, 0) is 9.59 Å². The third-order valence-electron chi connectivity index (χ3n) is 5.30. The molecule has 1 saturated carbocycles. The maximum Gasteiger partial charge on any atom is 0.303 e. The Balaban J connectivity index is 1.89. The number of carboxylic acid groups (broad SMARTS) is 1. The van der Waals surface area contributed by atoms with Crippen molar-refractivity contribution in [2.45, 2.75) is 58.3 Å². The molecule has 1 aromatic rings. The largest absolute Gasteiger partial charge is 0.481 e. The van der Waals surface area contributed by atoms with Crippen LogP contribution in [0.15, 0.2) is 24.3 Å². The average Bonchev–Trinajstić information content (AvgIpc) is 2.96. The van der Waals surface area contributed by atoms with Gasteiger partial charge in [0.25, 0.3) is 5.69 Å². The number of aliphatic carboxylic acids is 1. The number of nitro benzene ring substituents is 1. The van der Waals surface area contributed by atoms with E-state index < -0.39 is 10.9 Å². The Morgan fingerprint density at radius 1 is 1.30 bits per heavy atom. The van der Waals surface area contributed by atoms with Crippen molar-refractivity contribution in [3.05, 3.63) is 45.5 Å². The summed E-state index contributed by atoms with van der Waals surface area (Å²) in [7, 11) is 0. The molecular formula is C21H27NO5. The minimum Gasteiger partial charge on any atom is -0.481 e. The number of nitro groups is 1. The van der Waals surface area contributed by atoms with Crippen molar-refractivity contribution in [2.24, 2.45) is 11.8 Å². The fourth-order valence-electron chi connectivity index (χ4n) is 3.72. The standard InChI is InChI=1S/C21H27NO5/c1-15-14-18(22(26)27)12-10-16(15)8-9-17-11-13-20(23)19(17)6-4-2-3-5-7-21(24)25/h8-10,12,14,17,19H,2-7,11,13H2,1H3,(H,24,25). The Morgan fingerprint density at radius 3 is 2.70 bits per heavy atom. The number of carbonyl (C=O) groups is 2. The van der Waals surface area contributed by atoms with E-state index in [1.165, 1.54) is 6.07 Å². The number of hydrogen-bond donors (Lipinski definition) is 1. The van der Waals surface area contributed by atoms with Gasteiger partial charge in [0.15, 0.2) is 0 Å². The monoisotopic (exact) mass is 373 g/mol. The van der Waals surface area contributed by atoms with Crippen LogP contribution < -0.4 is 0 Å². The summed E-state index contributed by atoms with van der Waals surface area (Å²) in [5, 5.41) is 19.5. The van der Waals surface area contributed by atoms with Gasteiger partial charge in [-0.2, -0.15) is 0 Å². The SMILES string of the molecule is Cc1cc([N+](=O)[O-])ccc1C=CC1CCC(=O)C1CCCCCCC(=O)O. The molecule has 2 atom stereocenters. The first-order chi connectivity index (χ1) is 12.9. The third kappa shape index (κ3) is 6.31. The van der Waals surface area contributed by atoms with Crippen molar-refractivity contribution in [1.29, 1.82) is 0 Å². The summed E-state index contributed by atoms with van der Waals surface area (Å²) in [5.74, 6) is -0.187. The van der Waals surface area contributed by atoms with Gasteiger partial charge in [0.2, 0.25) is 0 Å². The Labute approximate surface area is 159 Å². The van der Waals surface area contributed by atoms with Gasteiger partial charge >= 0.3 is 5.97 Å². The van der Waals surface area contributed by atoms with E-state index in [0.717, 1.165) is 43.2 Å². The molecule has 2 unspecified atom stereocenters. The number of benzene rings is 1. The second kappa shape index (κ2) is 10.00. The van der Waals surface area contributed by atoms with Crippen LogP contribution in [0.2, 0.25) is 0 Å². The predicted octanol–water partition coefficient (Wildman–Crippen LogP) is 4.94. The number of hydrogen-bond acceptors (Lipinski definition) is 4. The van der Waals surface area contributed by atoms with Crippen LogP contribution in [0, 0.1) is 28.9 Å². The van der Waals surface area contributed by atoms with Gasteiger partial charge < -0.3 is 5.11 Å². The summed E-state index contributed by atoms with van der Waals surface area (Å²) in [5.41, 5.74) is 1.87. The number of carboxylic acids is 1. The smallest absolute Gasteiger partial charge is 0.303 e. The zero-order valence-corrected chi connectivity index (χ0v) is 15.7. The van der Waals surface area contributed by atoms with Gasteiger partial charge in [-0.3, -0.25) is 19.7 Å². The molecule has 6 heteroatoms. The van der Waals surface area contributed by atoms with Gasteiger partial charge in [-0.25, -0.2) is 0 Å². The van der Waals surface area contributed by atoms with Crippen molar-refractivity contribution in [3.63, 3.8) is 0 Å². The molecule has 27 heavy (non-hydrogen) atoms. The molecular weight excluding hydrogens is 346 g/mol. The molecule has 0 heterocycles. The van der Waals surface area contributed by atoms with Crippen molar-refractivity contribution in [2.75, 3.05) is 0 Å². The number of rotatable bonds is 10. The molecule has 0 spiro atoms. The van der Waals surface area contributed by atoms with Crippen LogP contribution in [-0.4, -0.2) is 21.8 Å². The normalized spacial score (nSPS) is 19.7. The summed E-state index contributed by atoms with van der Waals surface area (Å²) in [6.07, 6.45) is 10.0. The summed E-state index contributed by atoms with van der Waals surface area (Å²) < 4.78 is 0. The number of unbranched alkanes of at least 4 members (excludes halogenated alkanes) is 3. The fraction of sp³-hybridized carbons (Fsp3) is 0.524. The second-order valence-corrected chi connectivity index (χ2v) is 7.28. The minimum atomic E-state index is -0.757. The van der Waals surface area contributed by atoms with Gasteiger partial charge in [0.05, 0.1) is 4.92 Å². The van der Waals surface area contributed by atoms with E-state index in [1.807, 2.05) is 13.0 Å². The maximum absolute atomic E-state index is 12.2. The van der Waals surface area contributed by atoms with Gasteiger partial charge in [-0.05, 0) is 49.3 Å². The highest BCUT2D eigenvalue weighted by atomic mass is 16.6. The lowest BCUT2D eigenvalue weighted by Gasteiger charge is -2.15. The number of Topliss-reactive ketones (excluding diaryl/α,β-unsaturated/α-hetero) is 1. The maximum atomic E-state index is 12.2. The molecule has 0 saturated heterocycles. The molecule has 1 aromatic carbocycles. The van der Waals surface area contributed by atoms with Crippen LogP contribution >= 0.6 is 0 Å². The van der Waals surface area contributed by atoms with E-state index in [1.54, 1.807) is 12.1 Å². The molecule has 1 aliphatic carbocycles. The summed E-state index contributed by atoms with van der Waals surface area (Å²) in [4.78, 5) is 33.1. The highest BCUT2D eigenvalue weighted by molar-refractivity contribution is 5.84. The average molecular weight is 373 g/mol. The van der Waals surface area contributed by atoms with E-state index >= 15 is 0 Å². The first kappa shape index (κ1) is 20.8. The second-order valence-electron chi connectivity index (χ2n) is 7.28. The molecule has 1 aliphatic rings. The molecule has 0 aliphatic heterocycles. The lowest BCUT2D eigenvalue weighted by molar-refractivity contribution is -0.384. The van der Waals surface area contributed by atoms with Crippen LogP contribution in [0.1, 0.15) is 62.5 Å². The summed E-state index contributed by atoms with van der Waals surface area (Å²) in [6, 6.07) is 4.81. The Morgan fingerprint density at radius 2 is 2.04 bits per heavy atom. The number of nitrogens with zero attached hydrogens (tertiary/aromatic N) is 1. The molecule has 0 radical (unpaired) electrons. The van der Waals surface area contributed by atoms with Gasteiger partial charge in [-0.15, -0.1) is 0 Å². The van der Waals surface area contributed by atoms with Crippen molar-refractivity contribution in [3.8, 4) is 0 Å². The highest BCUT2D eigenvalue weighted by Crippen LogP contribution is 2.34. The van der Waals surface area contributed by atoms with Crippen molar-refractivity contribution in [1.82, 2.24) is 0 Å². The third-order valence-corrected chi connectivity index (χ3v) is 5.30. The quantitative estimate of drug-likeness (QED) is 0.356. The summed E-state index contributed by atoms with van der Waals surface area (Å²) in [6.45, 7) is 1.85. The number of carbonyl (C=O) groups excluding carboxylic acids is 1. The number of aryl methyl sites for hydroxylation is 1.